The molecule has 1 aliphatic carbocycles. The number of nitrogens with zero attached hydrogens (tertiary/aromatic N) is 1. The SMILES string of the molecule is CN=C(NCCCOCC1CCCO1)NC1CC1c1ccc(Br)cc1.I. The lowest BCUT2D eigenvalue weighted by Gasteiger charge is -2.13. The second-order valence-corrected chi connectivity index (χ2v) is 7.62. The van der Waals surface area contributed by atoms with Gasteiger partial charge in [-0.15, -0.1) is 24.0 Å². The highest BCUT2D eigenvalue weighted by Crippen LogP contribution is 2.40. The van der Waals surface area contributed by atoms with Crippen LogP contribution in [0.5, 0.6) is 0 Å². The average molecular weight is 538 g/mol. The van der Waals surface area contributed by atoms with E-state index in [0.29, 0.717) is 18.1 Å². The molecule has 1 saturated carbocycles. The van der Waals surface area contributed by atoms with Crippen molar-refractivity contribution < 1.29 is 9.47 Å². The van der Waals surface area contributed by atoms with Gasteiger partial charge >= 0.3 is 0 Å². The molecule has 2 fully saturated rings. The number of hydrogen-bond acceptors (Lipinski definition) is 3. The van der Waals surface area contributed by atoms with E-state index in [1.165, 1.54) is 12.0 Å². The van der Waals surface area contributed by atoms with E-state index in [-0.39, 0.29) is 24.0 Å². The summed E-state index contributed by atoms with van der Waals surface area (Å²) >= 11 is 3.48. The number of benzene rings is 1. The zero-order chi connectivity index (χ0) is 17.5. The summed E-state index contributed by atoms with van der Waals surface area (Å²) in [6, 6.07) is 9.07. The van der Waals surface area contributed by atoms with Crippen LogP contribution in [0.15, 0.2) is 33.7 Å². The van der Waals surface area contributed by atoms with E-state index < -0.39 is 0 Å². The molecule has 1 aliphatic heterocycles. The lowest BCUT2D eigenvalue weighted by molar-refractivity contribution is 0.0168. The second kappa shape index (κ2) is 11.5. The van der Waals surface area contributed by atoms with E-state index in [2.05, 4.69) is 55.8 Å². The van der Waals surface area contributed by atoms with Crippen molar-refractivity contribution in [2.24, 2.45) is 4.99 Å². The third kappa shape index (κ3) is 6.98. The van der Waals surface area contributed by atoms with Gasteiger partial charge in [0.05, 0.1) is 12.7 Å². The molecular formula is C19H29BrIN3O2. The molecule has 0 radical (unpaired) electrons. The first-order valence-corrected chi connectivity index (χ1v) is 9.97. The summed E-state index contributed by atoms with van der Waals surface area (Å²) in [5, 5.41) is 6.88. The number of hydrogen-bond donors (Lipinski definition) is 2. The van der Waals surface area contributed by atoms with E-state index in [9.17, 15) is 0 Å². The van der Waals surface area contributed by atoms with Gasteiger partial charge in [0.15, 0.2) is 5.96 Å². The Hall–Kier alpha value is -0.380. The molecule has 1 heterocycles. The summed E-state index contributed by atoms with van der Waals surface area (Å²) in [5.41, 5.74) is 1.39. The van der Waals surface area contributed by atoms with Gasteiger partial charge in [-0.3, -0.25) is 4.99 Å². The third-order valence-corrected chi connectivity index (χ3v) is 5.25. The van der Waals surface area contributed by atoms with Crippen LogP contribution < -0.4 is 10.6 Å². The van der Waals surface area contributed by atoms with Crippen LogP contribution in [-0.4, -0.2) is 51.5 Å². The highest BCUT2D eigenvalue weighted by atomic mass is 127. The summed E-state index contributed by atoms with van der Waals surface area (Å²) in [4.78, 5) is 4.32. The molecule has 3 atom stereocenters. The molecular weight excluding hydrogens is 509 g/mol. The van der Waals surface area contributed by atoms with Crippen molar-refractivity contribution in [1.29, 1.82) is 0 Å². The van der Waals surface area contributed by atoms with Crippen LogP contribution in [0.3, 0.4) is 0 Å². The predicted molar refractivity (Wildman–Crippen MR) is 120 cm³/mol. The van der Waals surface area contributed by atoms with Crippen molar-refractivity contribution in [3.8, 4) is 0 Å². The molecule has 3 rings (SSSR count). The molecule has 0 amide bonds. The van der Waals surface area contributed by atoms with Crippen LogP contribution in [-0.2, 0) is 9.47 Å². The normalized spacial score (nSPS) is 24.8. The Morgan fingerprint density at radius 3 is 2.85 bits per heavy atom. The number of aliphatic imine (C=N–C) groups is 1. The Bertz CT molecular complexity index is 564. The number of ether oxygens (including phenoxy) is 2. The van der Waals surface area contributed by atoms with Gasteiger partial charge in [-0.25, -0.2) is 0 Å². The van der Waals surface area contributed by atoms with Gasteiger partial charge in [0.1, 0.15) is 0 Å². The van der Waals surface area contributed by atoms with E-state index in [4.69, 9.17) is 9.47 Å². The second-order valence-electron chi connectivity index (χ2n) is 6.71. The standard InChI is InChI=1S/C19H28BrN3O2.HI/c1-21-19(22-9-3-10-24-13-16-4-2-11-25-16)23-18-12-17(18)14-5-7-15(20)8-6-14;/h5-8,16-18H,2-4,9-13H2,1H3,(H2,21,22,23);1H. The van der Waals surface area contributed by atoms with Gasteiger partial charge in [-0.1, -0.05) is 28.1 Å². The molecule has 26 heavy (non-hydrogen) atoms. The molecule has 1 saturated heterocycles. The lowest BCUT2D eigenvalue weighted by atomic mass is 10.1. The fraction of sp³-hybridized carbons (Fsp3) is 0.632. The Labute approximate surface area is 181 Å². The van der Waals surface area contributed by atoms with Crippen LogP contribution >= 0.6 is 39.9 Å². The summed E-state index contributed by atoms with van der Waals surface area (Å²) in [7, 11) is 1.82. The maximum Gasteiger partial charge on any atom is 0.191 e. The monoisotopic (exact) mass is 537 g/mol. The van der Waals surface area contributed by atoms with Crippen LogP contribution in [0.4, 0.5) is 0 Å². The minimum absolute atomic E-state index is 0. The fourth-order valence-electron chi connectivity index (χ4n) is 3.17. The molecule has 0 bridgehead atoms. The highest BCUT2D eigenvalue weighted by Gasteiger charge is 2.38. The van der Waals surface area contributed by atoms with Crippen molar-refractivity contribution in [2.75, 3.05) is 33.4 Å². The molecule has 1 aromatic carbocycles. The van der Waals surface area contributed by atoms with Gasteiger partial charge in [-0.2, -0.15) is 0 Å². The van der Waals surface area contributed by atoms with Crippen molar-refractivity contribution >= 4 is 45.9 Å². The Kier molecular flexibility index (Phi) is 9.66. The molecule has 0 spiro atoms. The molecule has 7 heteroatoms. The average Bonchev–Trinajstić information content (AvgIpc) is 3.19. The van der Waals surface area contributed by atoms with Crippen LogP contribution in [0, 0.1) is 0 Å². The van der Waals surface area contributed by atoms with E-state index >= 15 is 0 Å². The first-order chi connectivity index (χ1) is 12.3. The van der Waals surface area contributed by atoms with Crippen LogP contribution in [0.25, 0.3) is 0 Å². The van der Waals surface area contributed by atoms with Gasteiger partial charge in [0, 0.05) is 43.2 Å². The minimum atomic E-state index is 0. The Morgan fingerprint density at radius 1 is 1.35 bits per heavy atom. The summed E-state index contributed by atoms with van der Waals surface area (Å²) in [6.45, 7) is 3.24. The van der Waals surface area contributed by atoms with Gasteiger partial charge in [0.25, 0.3) is 0 Å². The number of rotatable bonds is 8. The molecule has 3 unspecified atom stereocenters. The van der Waals surface area contributed by atoms with E-state index in [0.717, 1.165) is 56.1 Å². The number of guanidine groups is 1. The molecule has 0 aromatic heterocycles. The zero-order valence-electron chi connectivity index (χ0n) is 15.2. The predicted octanol–water partition coefficient (Wildman–Crippen LogP) is 3.67. The first-order valence-electron chi connectivity index (χ1n) is 9.18. The summed E-state index contributed by atoms with van der Waals surface area (Å²) in [6.07, 6.45) is 4.74. The van der Waals surface area contributed by atoms with Crippen molar-refractivity contribution in [1.82, 2.24) is 10.6 Å². The van der Waals surface area contributed by atoms with Gasteiger partial charge in [-0.05, 0) is 43.4 Å². The highest BCUT2D eigenvalue weighted by molar-refractivity contribution is 14.0. The Balaban J connectivity index is 0.00000243. The molecule has 2 aliphatic rings. The topological polar surface area (TPSA) is 54.9 Å². The van der Waals surface area contributed by atoms with Crippen LogP contribution in [0.2, 0.25) is 0 Å². The number of halogens is 2. The molecule has 1 aromatic rings. The number of nitrogens with one attached hydrogen (secondary N) is 2. The fourth-order valence-corrected chi connectivity index (χ4v) is 3.44. The van der Waals surface area contributed by atoms with Crippen LogP contribution in [0.1, 0.15) is 37.2 Å². The quantitative estimate of drug-likeness (QED) is 0.230. The smallest absolute Gasteiger partial charge is 0.191 e. The van der Waals surface area contributed by atoms with Gasteiger partial charge < -0.3 is 20.1 Å². The lowest BCUT2D eigenvalue weighted by Crippen LogP contribution is -2.39. The van der Waals surface area contributed by atoms with E-state index in [1.807, 2.05) is 7.05 Å². The first kappa shape index (κ1) is 21.9. The largest absolute Gasteiger partial charge is 0.379 e. The summed E-state index contributed by atoms with van der Waals surface area (Å²) < 4.78 is 12.4. The zero-order valence-corrected chi connectivity index (χ0v) is 19.2. The Morgan fingerprint density at radius 2 is 2.15 bits per heavy atom. The maximum absolute atomic E-state index is 5.68. The minimum Gasteiger partial charge on any atom is -0.379 e. The molecule has 5 nitrogen and oxygen atoms in total. The maximum atomic E-state index is 5.68. The van der Waals surface area contributed by atoms with Gasteiger partial charge in [0.2, 0.25) is 0 Å². The van der Waals surface area contributed by atoms with Crippen molar-refractivity contribution in [3.05, 3.63) is 34.3 Å². The third-order valence-electron chi connectivity index (χ3n) is 4.72. The molecule has 2 N–H and O–H groups in total. The van der Waals surface area contributed by atoms with Crippen molar-refractivity contribution in [3.63, 3.8) is 0 Å². The van der Waals surface area contributed by atoms with Crippen molar-refractivity contribution in [2.45, 2.75) is 43.7 Å². The van der Waals surface area contributed by atoms with E-state index in [1.54, 1.807) is 0 Å². The summed E-state index contributed by atoms with van der Waals surface area (Å²) in [5.74, 6) is 1.46. The molecule has 146 valence electrons.